The number of aromatic hydroxyl groups is 1. The number of aromatic nitrogens is 3. The van der Waals surface area contributed by atoms with Crippen LogP contribution in [0.25, 0.3) is 32.9 Å². The van der Waals surface area contributed by atoms with Crippen LogP contribution < -0.4 is 19.7 Å². The summed E-state index contributed by atoms with van der Waals surface area (Å²) in [6.45, 7) is 3.85. The van der Waals surface area contributed by atoms with Gasteiger partial charge in [-0.3, -0.25) is 0 Å². The Hall–Kier alpha value is -4.31. The molecule has 3 aliphatic rings. The Morgan fingerprint density at radius 3 is 2.81 bits per heavy atom. The van der Waals surface area contributed by atoms with E-state index in [0.29, 0.717) is 31.2 Å². The van der Waals surface area contributed by atoms with Gasteiger partial charge in [-0.2, -0.15) is 9.97 Å². The molecule has 2 aromatic heterocycles. The van der Waals surface area contributed by atoms with Crippen molar-refractivity contribution < 1.29 is 33.2 Å². The number of β-amino-alcohol motifs (C(OH)–C–C–N with tert-alkyl or cyclic N) is 1. The lowest BCUT2D eigenvalue weighted by Gasteiger charge is -2.39. The van der Waals surface area contributed by atoms with Gasteiger partial charge in [-0.15, -0.1) is 6.42 Å². The van der Waals surface area contributed by atoms with Crippen LogP contribution in [0.4, 0.5) is 14.6 Å². The fraction of sp³-hybridized carbons (Fsp3) is 0.457. The second-order valence-corrected chi connectivity index (χ2v) is 13.1. The fourth-order valence-electron chi connectivity index (χ4n) is 7.59. The summed E-state index contributed by atoms with van der Waals surface area (Å²) in [5.74, 6) is 0.905. The highest BCUT2D eigenvalue weighted by Gasteiger charge is 2.45. The number of aliphatic hydroxyl groups is 1. The molecule has 12 heteroatoms. The summed E-state index contributed by atoms with van der Waals surface area (Å²) in [6.07, 6.45) is 10.9. The predicted octanol–water partition coefficient (Wildman–Crippen LogP) is 4.71. The van der Waals surface area contributed by atoms with Crippen molar-refractivity contribution in [1.82, 2.24) is 20.3 Å². The van der Waals surface area contributed by atoms with E-state index in [1.165, 1.54) is 31.4 Å². The van der Waals surface area contributed by atoms with Crippen LogP contribution in [-0.4, -0.2) is 83.4 Å². The minimum atomic E-state index is -1.23. The summed E-state index contributed by atoms with van der Waals surface area (Å²) in [7, 11) is 1.39. The number of hydrogen-bond acceptors (Lipinski definition) is 10. The number of halogens is 2. The van der Waals surface area contributed by atoms with Gasteiger partial charge in [0.05, 0.1) is 39.0 Å². The maximum absolute atomic E-state index is 17.0. The van der Waals surface area contributed by atoms with Crippen molar-refractivity contribution in [2.75, 3.05) is 51.5 Å². The van der Waals surface area contributed by atoms with E-state index in [2.05, 4.69) is 21.2 Å². The molecule has 0 bridgehead atoms. The number of fused-ring (bicyclic) bond motifs is 3. The van der Waals surface area contributed by atoms with Crippen molar-refractivity contribution in [2.24, 2.45) is 5.41 Å². The van der Waals surface area contributed by atoms with Gasteiger partial charge in [0.1, 0.15) is 39.6 Å². The Labute approximate surface area is 271 Å². The number of methoxy groups -OCH3 is 1. The van der Waals surface area contributed by atoms with Crippen LogP contribution in [0.1, 0.15) is 44.6 Å². The average molecular weight is 646 g/mol. The Kier molecular flexibility index (Phi) is 8.02. The second-order valence-electron chi connectivity index (χ2n) is 13.1. The number of hydrogen-bond donors (Lipinski definition) is 3. The van der Waals surface area contributed by atoms with Crippen LogP contribution in [0.3, 0.4) is 0 Å². The fourth-order valence-corrected chi connectivity index (χ4v) is 7.59. The quantitative estimate of drug-likeness (QED) is 0.254. The highest BCUT2D eigenvalue weighted by atomic mass is 19.1. The summed E-state index contributed by atoms with van der Waals surface area (Å²) in [6, 6.07) is 5.66. The third-order valence-electron chi connectivity index (χ3n) is 9.74. The van der Waals surface area contributed by atoms with Crippen molar-refractivity contribution >= 4 is 27.5 Å². The number of pyridine rings is 1. The van der Waals surface area contributed by atoms with E-state index in [1.54, 1.807) is 11.8 Å². The van der Waals surface area contributed by atoms with Crippen molar-refractivity contribution in [3.63, 3.8) is 0 Å². The van der Waals surface area contributed by atoms with Crippen LogP contribution in [0.5, 0.6) is 17.6 Å². The molecule has 0 amide bonds. The summed E-state index contributed by atoms with van der Waals surface area (Å²) in [4.78, 5) is 15.7. The molecule has 2 aliphatic heterocycles. The van der Waals surface area contributed by atoms with Gasteiger partial charge in [-0.05, 0) is 62.7 Å². The second kappa shape index (κ2) is 12.0. The van der Waals surface area contributed by atoms with Crippen LogP contribution in [0.2, 0.25) is 0 Å². The standard InChI is InChI=1S/C35H37F2N5O5/c1-4-22-24(36)9-8-20-15-21(43)16-23(26(20)22)29-28(37)30-27(32(39-29)45-3)31(42-13-14-46-18-34(2,44)17-42)41-33(40-30)47-19-35-10-5-7-25(35)38-12-6-11-35/h1,8-9,15-16,25,38,43-44H,5-7,10-14,17-19H2,2-3H3/t25-,34+,35-/m1/s1. The summed E-state index contributed by atoms with van der Waals surface area (Å²) in [5.41, 5.74) is -1.72. The van der Waals surface area contributed by atoms with E-state index in [-0.39, 0.29) is 75.1 Å². The third kappa shape index (κ3) is 5.56. The van der Waals surface area contributed by atoms with Gasteiger partial charge in [0.2, 0.25) is 5.88 Å². The molecule has 7 rings (SSSR count). The number of phenols is 1. The Balaban J connectivity index is 1.45. The van der Waals surface area contributed by atoms with Crippen molar-refractivity contribution in [3.05, 3.63) is 41.5 Å². The maximum Gasteiger partial charge on any atom is 0.319 e. The molecule has 3 fully saturated rings. The molecule has 47 heavy (non-hydrogen) atoms. The first-order valence-electron chi connectivity index (χ1n) is 15.9. The zero-order valence-corrected chi connectivity index (χ0v) is 26.4. The number of terminal acetylenes is 1. The zero-order valence-electron chi connectivity index (χ0n) is 26.4. The number of nitrogens with zero attached hydrogens (tertiary/aromatic N) is 4. The number of nitrogens with one attached hydrogen (secondary N) is 1. The molecule has 3 N–H and O–H groups in total. The van der Waals surface area contributed by atoms with Gasteiger partial charge < -0.3 is 34.6 Å². The van der Waals surface area contributed by atoms with Crippen molar-refractivity contribution in [1.29, 1.82) is 0 Å². The molecular weight excluding hydrogens is 608 g/mol. The monoisotopic (exact) mass is 645 g/mol. The number of benzene rings is 2. The number of anilines is 1. The van der Waals surface area contributed by atoms with E-state index in [0.717, 1.165) is 38.6 Å². The first-order chi connectivity index (χ1) is 22.6. The first-order valence-corrected chi connectivity index (χ1v) is 15.9. The smallest absolute Gasteiger partial charge is 0.319 e. The predicted molar refractivity (Wildman–Crippen MR) is 173 cm³/mol. The molecule has 0 radical (unpaired) electrons. The molecule has 0 spiro atoms. The SMILES string of the molecule is C#Cc1c(F)ccc2cc(O)cc(-c3nc(OC)c4c(N5CCOC[C@@](C)(O)C5)nc(OC[C@@]56CCCN[C@@H]5CCC6)nc4c3F)c12. The van der Waals surface area contributed by atoms with Crippen LogP contribution in [0, 0.1) is 29.4 Å². The van der Waals surface area contributed by atoms with Gasteiger partial charge in [-0.25, -0.2) is 13.8 Å². The normalized spacial score (nSPS) is 24.6. The molecule has 2 saturated heterocycles. The Bertz CT molecular complexity index is 1910. The molecule has 1 saturated carbocycles. The minimum absolute atomic E-state index is 0.0103. The summed E-state index contributed by atoms with van der Waals surface area (Å²) in [5, 5.41) is 26.1. The highest BCUT2D eigenvalue weighted by molar-refractivity contribution is 6.04. The van der Waals surface area contributed by atoms with Crippen molar-refractivity contribution in [3.8, 4) is 41.2 Å². The Morgan fingerprint density at radius 2 is 2.00 bits per heavy atom. The zero-order chi connectivity index (χ0) is 32.9. The molecule has 4 heterocycles. The number of ether oxygens (including phenoxy) is 3. The minimum Gasteiger partial charge on any atom is -0.508 e. The molecule has 1 aliphatic carbocycles. The van der Waals surface area contributed by atoms with E-state index < -0.39 is 17.2 Å². The number of piperidine rings is 1. The lowest BCUT2D eigenvalue weighted by molar-refractivity contribution is -0.0123. The van der Waals surface area contributed by atoms with Gasteiger partial charge in [-0.1, -0.05) is 18.4 Å². The van der Waals surface area contributed by atoms with Gasteiger partial charge in [0, 0.05) is 29.0 Å². The van der Waals surface area contributed by atoms with Crippen LogP contribution in [0.15, 0.2) is 24.3 Å². The third-order valence-corrected chi connectivity index (χ3v) is 9.74. The van der Waals surface area contributed by atoms with Crippen molar-refractivity contribution in [2.45, 2.75) is 50.7 Å². The lowest BCUT2D eigenvalue weighted by Crippen LogP contribution is -2.49. The topological polar surface area (TPSA) is 122 Å². The first kappa shape index (κ1) is 31.3. The summed E-state index contributed by atoms with van der Waals surface area (Å²) >= 11 is 0. The van der Waals surface area contributed by atoms with E-state index in [9.17, 15) is 14.6 Å². The molecule has 4 aromatic rings. The maximum atomic E-state index is 17.0. The largest absolute Gasteiger partial charge is 0.508 e. The highest BCUT2D eigenvalue weighted by Crippen LogP contribution is 2.46. The molecule has 0 unspecified atom stereocenters. The van der Waals surface area contributed by atoms with Crippen LogP contribution >= 0.6 is 0 Å². The average Bonchev–Trinajstić information content (AvgIpc) is 3.40. The molecule has 2 aromatic carbocycles. The molecular formula is C35H37F2N5O5. The van der Waals surface area contributed by atoms with Crippen LogP contribution in [-0.2, 0) is 4.74 Å². The summed E-state index contributed by atoms with van der Waals surface area (Å²) < 4.78 is 49.7. The molecule has 10 nitrogen and oxygen atoms in total. The number of rotatable bonds is 6. The number of phenolic OH excluding ortho intramolecular Hbond substituents is 1. The van der Waals surface area contributed by atoms with Gasteiger partial charge >= 0.3 is 6.01 Å². The molecule has 3 atom stereocenters. The van der Waals surface area contributed by atoms with E-state index >= 15 is 4.39 Å². The van der Waals surface area contributed by atoms with Gasteiger partial charge in [0.15, 0.2) is 5.82 Å². The molecule has 246 valence electrons. The lowest BCUT2D eigenvalue weighted by atomic mass is 9.76. The van der Waals surface area contributed by atoms with Gasteiger partial charge in [0.25, 0.3) is 0 Å². The Morgan fingerprint density at radius 1 is 1.17 bits per heavy atom. The van der Waals surface area contributed by atoms with E-state index in [4.69, 9.17) is 25.6 Å². The van der Waals surface area contributed by atoms with E-state index in [1.807, 2.05) is 0 Å².